The van der Waals surface area contributed by atoms with Gasteiger partial charge in [0, 0.05) is 0 Å². The SMILES string of the molecule is CCOC(=O)N[C@@H](CC(=O)O)c1ccc(OC)cc1. The molecule has 0 heterocycles. The van der Waals surface area contributed by atoms with Gasteiger partial charge in [0.25, 0.3) is 0 Å². The van der Waals surface area contributed by atoms with E-state index < -0.39 is 18.1 Å². The largest absolute Gasteiger partial charge is 0.497 e. The molecular weight excluding hydrogens is 250 g/mol. The van der Waals surface area contributed by atoms with Gasteiger partial charge in [0.15, 0.2) is 0 Å². The van der Waals surface area contributed by atoms with Gasteiger partial charge in [-0.05, 0) is 24.6 Å². The minimum atomic E-state index is -1.00. The van der Waals surface area contributed by atoms with E-state index in [1.165, 1.54) is 0 Å². The first-order valence-electron chi connectivity index (χ1n) is 5.85. The molecule has 0 bridgehead atoms. The third-order valence-electron chi connectivity index (χ3n) is 2.46. The molecule has 1 aromatic rings. The van der Waals surface area contributed by atoms with Crippen LogP contribution in [0.5, 0.6) is 5.75 Å². The average Bonchev–Trinajstić information content (AvgIpc) is 2.38. The fourth-order valence-corrected chi connectivity index (χ4v) is 1.58. The molecule has 2 N–H and O–H groups in total. The van der Waals surface area contributed by atoms with Gasteiger partial charge in [-0.2, -0.15) is 0 Å². The molecule has 0 saturated heterocycles. The van der Waals surface area contributed by atoms with Crippen LogP contribution in [-0.2, 0) is 9.53 Å². The molecule has 0 aliphatic carbocycles. The van der Waals surface area contributed by atoms with Gasteiger partial charge in [-0.1, -0.05) is 12.1 Å². The third-order valence-corrected chi connectivity index (χ3v) is 2.46. The van der Waals surface area contributed by atoms with Crippen LogP contribution < -0.4 is 10.1 Å². The number of amides is 1. The fourth-order valence-electron chi connectivity index (χ4n) is 1.58. The Morgan fingerprint density at radius 2 is 1.95 bits per heavy atom. The summed E-state index contributed by atoms with van der Waals surface area (Å²) in [6.45, 7) is 1.91. The summed E-state index contributed by atoms with van der Waals surface area (Å²) >= 11 is 0. The van der Waals surface area contributed by atoms with Gasteiger partial charge >= 0.3 is 12.1 Å². The molecule has 0 unspecified atom stereocenters. The van der Waals surface area contributed by atoms with Crippen molar-refractivity contribution >= 4 is 12.1 Å². The zero-order valence-corrected chi connectivity index (χ0v) is 10.9. The number of carbonyl (C=O) groups excluding carboxylic acids is 1. The number of methoxy groups -OCH3 is 1. The number of rotatable bonds is 6. The number of hydrogen-bond donors (Lipinski definition) is 2. The van der Waals surface area contributed by atoms with E-state index in [1.807, 2.05) is 0 Å². The highest BCUT2D eigenvalue weighted by Crippen LogP contribution is 2.20. The number of carbonyl (C=O) groups is 2. The van der Waals surface area contributed by atoms with E-state index in [1.54, 1.807) is 38.3 Å². The topological polar surface area (TPSA) is 84.9 Å². The normalized spacial score (nSPS) is 11.5. The summed E-state index contributed by atoms with van der Waals surface area (Å²) in [7, 11) is 1.54. The molecule has 1 rings (SSSR count). The summed E-state index contributed by atoms with van der Waals surface area (Å²) in [5.41, 5.74) is 0.677. The molecule has 104 valence electrons. The summed E-state index contributed by atoms with van der Waals surface area (Å²) in [5.74, 6) is -0.341. The highest BCUT2D eigenvalue weighted by molar-refractivity contribution is 5.71. The van der Waals surface area contributed by atoms with E-state index >= 15 is 0 Å². The Bertz CT molecular complexity index is 429. The zero-order chi connectivity index (χ0) is 14.3. The second-order valence-electron chi connectivity index (χ2n) is 3.79. The van der Waals surface area contributed by atoms with Crippen LogP contribution in [0.4, 0.5) is 4.79 Å². The van der Waals surface area contributed by atoms with Crippen LogP contribution in [0.1, 0.15) is 24.9 Å². The van der Waals surface area contributed by atoms with E-state index in [4.69, 9.17) is 14.6 Å². The number of aliphatic carboxylic acids is 1. The molecule has 0 aromatic heterocycles. The lowest BCUT2D eigenvalue weighted by molar-refractivity contribution is -0.137. The Hall–Kier alpha value is -2.24. The molecule has 0 saturated carbocycles. The van der Waals surface area contributed by atoms with E-state index in [2.05, 4.69) is 5.32 Å². The van der Waals surface area contributed by atoms with Crippen LogP contribution in [-0.4, -0.2) is 30.9 Å². The van der Waals surface area contributed by atoms with Crippen LogP contribution in [0, 0.1) is 0 Å². The van der Waals surface area contributed by atoms with Crippen LogP contribution in [0.3, 0.4) is 0 Å². The number of alkyl carbamates (subject to hydrolysis) is 1. The van der Waals surface area contributed by atoms with Crippen molar-refractivity contribution in [2.75, 3.05) is 13.7 Å². The smallest absolute Gasteiger partial charge is 0.407 e. The highest BCUT2D eigenvalue weighted by Gasteiger charge is 2.18. The minimum Gasteiger partial charge on any atom is -0.497 e. The van der Waals surface area contributed by atoms with Crippen LogP contribution in [0.2, 0.25) is 0 Å². The predicted octanol–water partition coefficient (Wildman–Crippen LogP) is 1.96. The van der Waals surface area contributed by atoms with Crippen molar-refractivity contribution in [1.82, 2.24) is 5.32 Å². The summed E-state index contributed by atoms with van der Waals surface area (Å²) in [6.07, 6.45) is -0.852. The maximum Gasteiger partial charge on any atom is 0.407 e. The Labute approximate surface area is 111 Å². The molecule has 1 aromatic carbocycles. The number of carboxylic acids is 1. The molecule has 0 aliphatic heterocycles. The number of benzene rings is 1. The molecule has 6 nitrogen and oxygen atoms in total. The molecule has 0 fully saturated rings. The van der Waals surface area contributed by atoms with Gasteiger partial charge in [0.2, 0.25) is 0 Å². The van der Waals surface area contributed by atoms with Crippen LogP contribution >= 0.6 is 0 Å². The monoisotopic (exact) mass is 267 g/mol. The molecule has 1 amide bonds. The lowest BCUT2D eigenvalue weighted by Crippen LogP contribution is -2.30. The summed E-state index contributed by atoms with van der Waals surface area (Å²) < 4.78 is 9.77. The first-order chi connectivity index (χ1) is 9.06. The Balaban J connectivity index is 2.82. The van der Waals surface area contributed by atoms with E-state index in [-0.39, 0.29) is 13.0 Å². The maximum atomic E-state index is 11.4. The summed E-state index contributed by atoms with van der Waals surface area (Å²) in [6, 6.07) is 6.19. The zero-order valence-electron chi connectivity index (χ0n) is 10.9. The molecule has 19 heavy (non-hydrogen) atoms. The van der Waals surface area contributed by atoms with Crippen LogP contribution in [0.25, 0.3) is 0 Å². The van der Waals surface area contributed by atoms with Gasteiger partial charge in [-0.25, -0.2) is 4.79 Å². The van der Waals surface area contributed by atoms with E-state index in [9.17, 15) is 9.59 Å². The average molecular weight is 267 g/mol. The number of hydrogen-bond acceptors (Lipinski definition) is 4. The molecule has 6 heteroatoms. The van der Waals surface area contributed by atoms with Gasteiger partial charge < -0.3 is 19.9 Å². The van der Waals surface area contributed by atoms with Gasteiger partial charge in [0.1, 0.15) is 5.75 Å². The molecular formula is C13H17NO5. The van der Waals surface area contributed by atoms with Gasteiger partial charge in [-0.3, -0.25) is 4.79 Å². The minimum absolute atomic E-state index is 0.217. The first kappa shape index (κ1) is 14.8. The second kappa shape index (κ2) is 7.25. The fraction of sp³-hybridized carbons (Fsp3) is 0.385. The summed E-state index contributed by atoms with van der Waals surface area (Å²) in [4.78, 5) is 22.2. The van der Waals surface area contributed by atoms with Gasteiger partial charge in [0.05, 0.1) is 26.2 Å². The molecule has 0 aliphatic rings. The van der Waals surface area contributed by atoms with Crippen molar-refractivity contribution in [2.45, 2.75) is 19.4 Å². The highest BCUT2D eigenvalue weighted by atomic mass is 16.5. The van der Waals surface area contributed by atoms with Crippen molar-refractivity contribution in [1.29, 1.82) is 0 Å². The number of carboxylic acid groups (broad SMARTS) is 1. The first-order valence-corrected chi connectivity index (χ1v) is 5.85. The summed E-state index contributed by atoms with van der Waals surface area (Å²) in [5, 5.41) is 11.4. The predicted molar refractivity (Wildman–Crippen MR) is 68.1 cm³/mol. The Kier molecular flexibility index (Phi) is 5.66. The Morgan fingerprint density at radius 1 is 1.32 bits per heavy atom. The lowest BCUT2D eigenvalue weighted by atomic mass is 10.0. The molecule has 0 radical (unpaired) electrons. The number of ether oxygens (including phenoxy) is 2. The van der Waals surface area contributed by atoms with Crippen molar-refractivity contribution in [3.63, 3.8) is 0 Å². The van der Waals surface area contributed by atoms with Crippen molar-refractivity contribution in [3.8, 4) is 5.75 Å². The third kappa shape index (κ3) is 4.87. The van der Waals surface area contributed by atoms with E-state index in [0.717, 1.165) is 0 Å². The Morgan fingerprint density at radius 3 is 2.42 bits per heavy atom. The molecule has 0 spiro atoms. The standard InChI is InChI=1S/C13H17NO5/c1-3-19-13(17)14-11(8-12(15)16)9-4-6-10(18-2)7-5-9/h4-7,11H,3,8H2,1-2H3,(H,14,17)(H,15,16)/t11-/m0/s1. The molecule has 1 atom stereocenters. The van der Waals surface area contributed by atoms with Crippen molar-refractivity contribution < 1.29 is 24.2 Å². The quantitative estimate of drug-likeness (QED) is 0.823. The number of nitrogens with one attached hydrogen (secondary N) is 1. The van der Waals surface area contributed by atoms with E-state index in [0.29, 0.717) is 11.3 Å². The van der Waals surface area contributed by atoms with Crippen LogP contribution in [0.15, 0.2) is 24.3 Å². The van der Waals surface area contributed by atoms with Crippen molar-refractivity contribution in [3.05, 3.63) is 29.8 Å². The second-order valence-corrected chi connectivity index (χ2v) is 3.79. The van der Waals surface area contributed by atoms with Gasteiger partial charge in [-0.15, -0.1) is 0 Å². The lowest BCUT2D eigenvalue weighted by Gasteiger charge is -2.17. The van der Waals surface area contributed by atoms with Crippen molar-refractivity contribution in [2.24, 2.45) is 0 Å². The maximum absolute atomic E-state index is 11.4.